The molecule has 2 aromatic carbocycles. The third-order valence-electron chi connectivity index (χ3n) is 3.69. The number of anilines is 1. The highest BCUT2D eigenvalue weighted by Crippen LogP contribution is 2.36. The second-order valence-corrected chi connectivity index (χ2v) is 5.08. The Hall–Kier alpha value is -3.02. The van der Waals surface area contributed by atoms with Crippen LogP contribution in [0.5, 0.6) is 11.5 Å². The van der Waals surface area contributed by atoms with E-state index in [4.69, 9.17) is 13.9 Å². The number of aromatic nitrogens is 1. The summed E-state index contributed by atoms with van der Waals surface area (Å²) in [6.07, 6.45) is 1.33. The van der Waals surface area contributed by atoms with Crippen molar-refractivity contribution < 1.29 is 18.3 Å². The van der Waals surface area contributed by atoms with Crippen molar-refractivity contribution in [2.75, 3.05) is 26.6 Å². The zero-order valence-electron chi connectivity index (χ0n) is 13.6. The molecule has 0 aliphatic heterocycles. The fourth-order valence-electron chi connectivity index (χ4n) is 2.46. The van der Waals surface area contributed by atoms with Crippen LogP contribution in [0, 0.1) is 5.82 Å². The molecule has 0 aliphatic rings. The first kappa shape index (κ1) is 15.9. The summed E-state index contributed by atoms with van der Waals surface area (Å²) in [5.41, 5.74) is 2.36. The lowest BCUT2D eigenvalue weighted by atomic mass is 10.0. The minimum absolute atomic E-state index is 0.361. The number of ether oxygens (including phenoxy) is 2. The Balaban J connectivity index is 2.10. The molecule has 0 radical (unpaired) electrons. The van der Waals surface area contributed by atoms with Gasteiger partial charge in [-0.25, -0.2) is 9.37 Å². The van der Waals surface area contributed by atoms with Gasteiger partial charge in [-0.15, -0.1) is 0 Å². The van der Waals surface area contributed by atoms with Gasteiger partial charge in [-0.05, 0) is 30.3 Å². The van der Waals surface area contributed by atoms with Crippen LogP contribution in [0.25, 0.3) is 22.6 Å². The molecule has 0 atom stereocenters. The van der Waals surface area contributed by atoms with Gasteiger partial charge in [0.05, 0.1) is 19.9 Å². The van der Waals surface area contributed by atoms with Crippen molar-refractivity contribution in [2.45, 2.75) is 0 Å². The first-order valence-corrected chi connectivity index (χ1v) is 7.31. The van der Waals surface area contributed by atoms with Crippen molar-refractivity contribution >= 4 is 5.69 Å². The number of rotatable bonds is 5. The zero-order chi connectivity index (χ0) is 17.1. The van der Waals surface area contributed by atoms with E-state index < -0.39 is 0 Å². The van der Waals surface area contributed by atoms with Crippen molar-refractivity contribution in [1.82, 2.24) is 4.98 Å². The third-order valence-corrected chi connectivity index (χ3v) is 3.69. The molecule has 0 fully saturated rings. The van der Waals surface area contributed by atoms with E-state index in [9.17, 15) is 4.39 Å². The summed E-state index contributed by atoms with van der Waals surface area (Å²) >= 11 is 0. The van der Waals surface area contributed by atoms with E-state index in [1.165, 1.54) is 12.5 Å². The average molecular weight is 328 g/mol. The molecule has 3 rings (SSSR count). The molecule has 0 bridgehead atoms. The maximum absolute atomic E-state index is 14.0. The first-order valence-electron chi connectivity index (χ1n) is 7.31. The molecule has 5 nitrogen and oxygen atoms in total. The van der Waals surface area contributed by atoms with Crippen LogP contribution < -0.4 is 14.8 Å². The van der Waals surface area contributed by atoms with E-state index in [0.717, 1.165) is 5.56 Å². The second kappa shape index (κ2) is 6.62. The van der Waals surface area contributed by atoms with Crippen LogP contribution in [0.3, 0.4) is 0 Å². The number of hydrogen-bond acceptors (Lipinski definition) is 5. The number of hydrogen-bond donors (Lipinski definition) is 1. The van der Waals surface area contributed by atoms with Crippen LogP contribution in [0.4, 0.5) is 10.1 Å². The van der Waals surface area contributed by atoms with Crippen LogP contribution >= 0.6 is 0 Å². The summed E-state index contributed by atoms with van der Waals surface area (Å²) in [4.78, 5) is 4.27. The molecule has 124 valence electrons. The highest BCUT2D eigenvalue weighted by atomic mass is 19.1. The predicted octanol–water partition coefficient (Wildman–Crippen LogP) is 4.21. The molecule has 6 heteroatoms. The van der Waals surface area contributed by atoms with E-state index in [1.54, 1.807) is 39.5 Å². The van der Waals surface area contributed by atoms with Gasteiger partial charge in [0.1, 0.15) is 23.0 Å². The zero-order valence-corrected chi connectivity index (χ0v) is 13.6. The van der Waals surface area contributed by atoms with Crippen LogP contribution in [0.2, 0.25) is 0 Å². The number of oxazole rings is 1. The lowest BCUT2D eigenvalue weighted by Crippen LogP contribution is -1.93. The summed E-state index contributed by atoms with van der Waals surface area (Å²) in [7, 11) is 4.82. The fourth-order valence-corrected chi connectivity index (χ4v) is 2.46. The maximum Gasteiger partial charge on any atom is 0.182 e. The maximum atomic E-state index is 14.0. The van der Waals surface area contributed by atoms with E-state index in [0.29, 0.717) is 34.2 Å². The van der Waals surface area contributed by atoms with Crippen molar-refractivity contribution in [3.05, 3.63) is 48.6 Å². The summed E-state index contributed by atoms with van der Waals surface area (Å²) in [5.74, 6) is 1.39. The molecule has 0 saturated heterocycles. The topological polar surface area (TPSA) is 56.5 Å². The summed E-state index contributed by atoms with van der Waals surface area (Å²) < 4.78 is 30.1. The van der Waals surface area contributed by atoms with Gasteiger partial charge in [0.25, 0.3) is 0 Å². The summed E-state index contributed by atoms with van der Waals surface area (Å²) in [6, 6.07) is 10.3. The summed E-state index contributed by atoms with van der Waals surface area (Å²) in [5, 5.41) is 2.79. The highest BCUT2D eigenvalue weighted by molar-refractivity contribution is 5.78. The highest BCUT2D eigenvalue weighted by Gasteiger charge is 2.16. The third kappa shape index (κ3) is 2.90. The molecule has 1 N–H and O–H groups in total. The molecular formula is C18H17FN2O3. The summed E-state index contributed by atoms with van der Waals surface area (Å²) in [6.45, 7) is 0. The largest absolute Gasteiger partial charge is 0.497 e. The van der Waals surface area contributed by atoms with Crippen molar-refractivity contribution in [3.63, 3.8) is 0 Å². The van der Waals surface area contributed by atoms with E-state index >= 15 is 0 Å². The lowest BCUT2D eigenvalue weighted by molar-refractivity contribution is 0.394. The second-order valence-electron chi connectivity index (χ2n) is 5.08. The Morgan fingerprint density at radius 2 is 1.71 bits per heavy atom. The fraction of sp³-hybridized carbons (Fsp3) is 0.167. The van der Waals surface area contributed by atoms with Gasteiger partial charge in [0.2, 0.25) is 0 Å². The molecule has 0 spiro atoms. The Kier molecular flexibility index (Phi) is 4.37. The molecule has 3 aromatic rings. The lowest BCUT2D eigenvalue weighted by Gasteiger charge is -2.09. The van der Waals surface area contributed by atoms with Gasteiger partial charge < -0.3 is 19.2 Å². The monoisotopic (exact) mass is 328 g/mol. The van der Waals surface area contributed by atoms with Crippen molar-refractivity contribution in [2.24, 2.45) is 0 Å². The standard InChI is InChI=1S/C18H17FN2O3/c1-20-16-5-4-11(8-15(16)19)18-17(21-10-24-18)12-6-13(22-2)9-14(7-12)23-3/h4-10,20H,1-3H3. The normalized spacial score (nSPS) is 10.5. The Morgan fingerprint density at radius 3 is 2.29 bits per heavy atom. The predicted molar refractivity (Wildman–Crippen MR) is 90.0 cm³/mol. The van der Waals surface area contributed by atoms with E-state index in [1.807, 2.05) is 12.1 Å². The van der Waals surface area contributed by atoms with Gasteiger partial charge in [-0.3, -0.25) is 0 Å². The molecule has 0 aliphatic carbocycles. The number of benzene rings is 2. The number of nitrogens with zero attached hydrogens (tertiary/aromatic N) is 1. The van der Waals surface area contributed by atoms with Gasteiger partial charge in [0.15, 0.2) is 12.2 Å². The molecule has 24 heavy (non-hydrogen) atoms. The van der Waals surface area contributed by atoms with Crippen LogP contribution in [0.1, 0.15) is 0 Å². The van der Waals surface area contributed by atoms with Crippen molar-refractivity contribution in [3.8, 4) is 34.1 Å². The SMILES string of the molecule is CNc1ccc(-c2ocnc2-c2cc(OC)cc(OC)c2)cc1F. The Morgan fingerprint density at radius 1 is 1.00 bits per heavy atom. The molecule has 1 heterocycles. The molecule has 1 aromatic heterocycles. The smallest absolute Gasteiger partial charge is 0.182 e. The minimum Gasteiger partial charge on any atom is -0.497 e. The number of nitrogens with one attached hydrogen (secondary N) is 1. The van der Waals surface area contributed by atoms with Crippen LogP contribution in [0.15, 0.2) is 47.2 Å². The van der Waals surface area contributed by atoms with Gasteiger partial charge in [-0.1, -0.05) is 0 Å². The first-order chi connectivity index (χ1) is 11.7. The Bertz CT molecular complexity index is 839. The average Bonchev–Trinajstić information content (AvgIpc) is 3.10. The van der Waals surface area contributed by atoms with Gasteiger partial charge in [-0.2, -0.15) is 0 Å². The molecular weight excluding hydrogens is 311 g/mol. The van der Waals surface area contributed by atoms with Crippen LogP contribution in [-0.4, -0.2) is 26.3 Å². The van der Waals surface area contributed by atoms with E-state index in [2.05, 4.69) is 10.3 Å². The number of halogens is 1. The van der Waals surface area contributed by atoms with Crippen LogP contribution in [-0.2, 0) is 0 Å². The minimum atomic E-state index is -0.361. The molecule has 0 saturated carbocycles. The molecule has 0 amide bonds. The van der Waals surface area contributed by atoms with Crippen molar-refractivity contribution in [1.29, 1.82) is 0 Å². The van der Waals surface area contributed by atoms with Gasteiger partial charge in [0, 0.05) is 24.2 Å². The number of methoxy groups -OCH3 is 2. The Labute approximate surface area is 139 Å². The van der Waals surface area contributed by atoms with E-state index in [-0.39, 0.29) is 5.82 Å². The molecule has 0 unspecified atom stereocenters. The van der Waals surface area contributed by atoms with Gasteiger partial charge >= 0.3 is 0 Å². The quantitative estimate of drug-likeness (QED) is 0.760.